The third-order valence-electron chi connectivity index (χ3n) is 4.27. The predicted molar refractivity (Wildman–Crippen MR) is 88.3 cm³/mol. The highest BCUT2D eigenvalue weighted by molar-refractivity contribution is 7.89. The molecule has 0 bridgehead atoms. The van der Waals surface area contributed by atoms with Crippen LogP contribution in [0.25, 0.3) is 0 Å². The first-order valence-corrected chi connectivity index (χ1v) is 9.23. The van der Waals surface area contributed by atoms with Crippen LogP contribution in [0.5, 0.6) is 0 Å². The number of hydrogen-bond acceptors (Lipinski definition) is 5. The maximum absolute atomic E-state index is 12.3. The second-order valence-corrected chi connectivity index (χ2v) is 7.77. The number of allylic oxidation sites excluding steroid dienone is 1. The van der Waals surface area contributed by atoms with Crippen molar-refractivity contribution in [2.75, 3.05) is 18.9 Å². The van der Waals surface area contributed by atoms with Crippen LogP contribution in [0.4, 0.5) is 5.69 Å². The summed E-state index contributed by atoms with van der Waals surface area (Å²) in [6.45, 7) is 0.864. The van der Waals surface area contributed by atoms with Crippen molar-refractivity contribution in [2.45, 2.75) is 30.2 Å². The monoisotopic (exact) mass is 335 g/mol. The fourth-order valence-electron chi connectivity index (χ4n) is 2.87. The molecule has 124 valence electrons. The van der Waals surface area contributed by atoms with E-state index in [2.05, 4.69) is 5.32 Å². The summed E-state index contributed by atoms with van der Waals surface area (Å²) in [5.74, 6) is 0.650. The molecule has 1 aromatic rings. The summed E-state index contributed by atoms with van der Waals surface area (Å²) in [6.07, 6.45) is 6.31. The van der Waals surface area contributed by atoms with Gasteiger partial charge in [0, 0.05) is 31.3 Å². The first-order chi connectivity index (χ1) is 10.9. The molecule has 0 spiro atoms. The Morgan fingerprint density at radius 2 is 2.09 bits per heavy atom. The van der Waals surface area contributed by atoms with E-state index >= 15 is 0 Å². The minimum Gasteiger partial charge on any atom is -0.385 e. The van der Waals surface area contributed by atoms with Crippen molar-refractivity contribution in [1.29, 1.82) is 0 Å². The van der Waals surface area contributed by atoms with Crippen LogP contribution in [-0.2, 0) is 14.8 Å². The summed E-state index contributed by atoms with van der Waals surface area (Å²) in [7, 11) is -2.14. The van der Waals surface area contributed by atoms with Gasteiger partial charge >= 0.3 is 0 Å². The molecule has 7 heteroatoms. The van der Waals surface area contributed by atoms with E-state index < -0.39 is 16.1 Å². The SMILES string of the molecule is CN1C=CCC(=O)C1c1cc(NCC2CC2)ccc1S(N)(=O)=O. The summed E-state index contributed by atoms with van der Waals surface area (Å²) in [4.78, 5) is 14.1. The van der Waals surface area contributed by atoms with Gasteiger partial charge in [-0.3, -0.25) is 4.79 Å². The first-order valence-electron chi connectivity index (χ1n) is 7.68. The maximum Gasteiger partial charge on any atom is 0.238 e. The van der Waals surface area contributed by atoms with Crippen LogP contribution in [-0.4, -0.2) is 32.7 Å². The lowest BCUT2D eigenvalue weighted by molar-refractivity contribution is -0.123. The standard InChI is InChI=1S/C16H21N3O3S/c1-19-8-2-3-14(20)16(19)13-9-12(18-10-11-4-5-11)6-7-15(13)23(17,21)22/h2,6-9,11,16,18H,3-5,10H2,1H3,(H2,17,21,22). The summed E-state index contributed by atoms with van der Waals surface area (Å²) in [6, 6.07) is 4.30. The Hall–Kier alpha value is -1.86. The zero-order valence-electron chi connectivity index (χ0n) is 13.0. The number of rotatable bonds is 5. The first kappa shape index (κ1) is 16.0. The van der Waals surface area contributed by atoms with E-state index in [1.54, 1.807) is 36.4 Å². The van der Waals surface area contributed by atoms with E-state index in [-0.39, 0.29) is 10.7 Å². The molecule has 3 rings (SSSR count). The van der Waals surface area contributed by atoms with Crippen molar-refractivity contribution in [3.8, 4) is 0 Å². The quantitative estimate of drug-likeness (QED) is 0.853. The molecule has 1 aliphatic carbocycles. The third-order valence-corrected chi connectivity index (χ3v) is 5.26. The number of carbonyl (C=O) groups is 1. The largest absolute Gasteiger partial charge is 0.385 e. The van der Waals surface area contributed by atoms with Crippen molar-refractivity contribution in [1.82, 2.24) is 4.90 Å². The van der Waals surface area contributed by atoms with Crippen LogP contribution in [0.3, 0.4) is 0 Å². The molecule has 0 aromatic heterocycles. The van der Waals surface area contributed by atoms with Gasteiger partial charge in [0.25, 0.3) is 0 Å². The Labute approximate surface area is 136 Å². The Bertz CT molecular complexity index is 754. The van der Waals surface area contributed by atoms with Crippen LogP contribution >= 0.6 is 0 Å². The van der Waals surface area contributed by atoms with Gasteiger partial charge in [-0.15, -0.1) is 0 Å². The molecule has 0 radical (unpaired) electrons. The highest BCUT2D eigenvalue weighted by Crippen LogP contribution is 2.33. The highest BCUT2D eigenvalue weighted by Gasteiger charge is 2.30. The minimum atomic E-state index is -3.90. The minimum absolute atomic E-state index is 0.00923. The Balaban J connectivity index is 2.00. The van der Waals surface area contributed by atoms with Crippen LogP contribution in [0.1, 0.15) is 30.9 Å². The smallest absolute Gasteiger partial charge is 0.238 e. The predicted octanol–water partition coefficient (Wildman–Crippen LogP) is 1.62. The van der Waals surface area contributed by atoms with Gasteiger partial charge < -0.3 is 10.2 Å². The maximum atomic E-state index is 12.3. The topological polar surface area (TPSA) is 92.5 Å². The lowest BCUT2D eigenvalue weighted by Crippen LogP contribution is -2.31. The average Bonchev–Trinajstić information content (AvgIpc) is 3.28. The molecular formula is C16H21N3O3S. The molecule has 1 aliphatic heterocycles. The number of nitrogens with one attached hydrogen (secondary N) is 1. The van der Waals surface area contributed by atoms with Gasteiger partial charge in [-0.2, -0.15) is 0 Å². The second-order valence-electron chi connectivity index (χ2n) is 6.25. The molecule has 3 N–H and O–H groups in total. The number of Topliss-reactive ketones (excluding diaryl/α,β-unsaturated/α-hetero) is 1. The van der Waals surface area contributed by atoms with Crippen molar-refractivity contribution in [2.24, 2.45) is 11.1 Å². The van der Waals surface area contributed by atoms with Crippen molar-refractivity contribution >= 4 is 21.5 Å². The summed E-state index contributed by atoms with van der Waals surface area (Å²) in [5, 5.41) is 8.65. The Kier molecular flexibility index (Phi) is 4.16. The fourth-order valence-corrected chi connectivity index (χ4v) is 3.62. The van der Waals surface area contributed by atoms with Gasteiger partial charge in [0.15, 0.2) is 5.78 Å². The van der Waals surface area contributed by atoms with E-state index in [0.29, 0.717) is 17.9 Å². The number of benzene rings is 1. The van der Waals surface area contributed by atoms with Crippen LogP contribution in [0.2, 0.25) is 0 Å². The number of sulfonamides is 1. The molecule has 0 amide bonds. The van der Waals surface area contributed by atoms with Crippen molar-refractivity contribution in [3.63, 3.8) is 0 Å². The summed E-state index contributed by atoms with van der Waals surface area (Å²) < 4.78 is 23.8. The number of nitrogens with two attached hydrogens (primary N) is 1. The zero-order chi connectivity index (χ0) is 16.6. The zero-order valence-corrected chi connectivity index (χ0v) is 13.8. The molecule has 23 heavy (non-hydrogen) atoms. The number of carbonyl (C=O) groups excluding carboxylic acids is 1. The Morgan fingerprint density at radius 1 is 1.35 bits per heavy atom. The van der Waals surface area contributed by atoms with Crippen LogP contribution in [0, 0.1) is 5.92 Å². The highest BCUT2D eigenvalue weighted by atomic mass is 32.2. The third kappa shape index (κ3) is 3.56. The van der Waals surface area contributed by atoms with E-state index in [0.717, 1.165) is 12.2 Å². The van der Waals surface area contributed by atoms with Gasteiger partial charge in [0.1, 0.15) is 6.04 Å². The number of anilines is 1. The molecule has 1 fully saturated rings. The molecule has 2 aliphatic rings. The lowest BCUT2D eigenvalue weighted by Gasteiger charge is -2.30. The van der Waals surface area contributed by atoms with Gasteiger partial charge in [0.2, 0.25) is 10.0 Å². The second kappa shape index (κ2) is 5.98. The molecule has 1 aromatic carbocycles. The van der Waals surface area contributed by atoms with E-state index in [4.69, 9.17) is 5.14 Å². The van der Waals surface area contributed by atoms with E-state index in [1.165, 1.54) is 18.9 Å². The number of hydrogen-bond donors (Lipinski definition) is 2. The number of likely N-dealkylation sites (N-methyl/N-ethyl adjacent to an activating group) is 1. The van der Waals surface area contributed by atoms with Crippen molar-refractivity contribution in [3.05, 3.63) is 36.0 Å². The van der Waals surface area contributed by atoms with Crippen LogP contribution < -0.4 is 10.5 Å². The normalized spacial score (nSPS) is 21.6. The molecule has 1 heterocycles. The molecule has 0 saturated heterocycles. The Morgan fingerprint density at radius 3 is 2.70 bits per heavy atom. The number of primary sulfonamides is 1. The van der Waals surface area contributed by atoms with Crippen molar-refractivity contribution < 1.29 is 13.2 Å². The van der Waals surface area contributed by atoms with Gasteiger partial charge in [-0.05, 0) is 43.2 Å². The number of nitrogens with zero attached hydrogens (tertiary/aromatic N) is 1. The van der Waals surface area contributed by atoms with E-state index in [1.807, 2.05) is 0 Å². The summed E-state index contributed by atoms with van der Waals surface area (Å²) >= 11 is 0. The number of ketones is 1. The molecule has 1 unspecified atom stereocenters. The van der Waals surface area contributed by atoms with E-state index in [9.17, 15) is 13.2 Å². The molecule has 6 nitrogen and oxygen atoms in total. The molecular weight excluding hydrogens is 314 g/mol. The van der Waals surface area contributed by atoms with Gasteiger partial charge in [-0.25, -0.2) is 13.6 Å². The summed E-state index contributed by atoms with van der Waals surface area (Å²) in [5.41, 5.74) is 1.25. The van der Waals surface area contributed by atoms with Gasteiger partial charge in [0.05, 0.1) is 4.90 Å². The fraction of sp³-hybridized carbons (Fsp3) is 0.438. The van der Waals surface area contributed by atoms with Gasteiger partial charge in [-0.1, -0.05) is 6.08 Å². The molecule has 1 atom stereocenters. The van der Waals surface area contributed by atoms with Crippen LogP contribution in [0.15, 0.2) is 35.4 Å². The molecule has 1 saturated carbocycles. The lowest BCUT2D eigenvalue weighted by atomic mass is 9.96. The average molecular weight is 335 g/mol.